The van der Waals surface area contributed by atoms with Crippen LogP contribution in [0.4, 0.5) is 0 Å². The van der Waals surface area contributed by atoms with Gasteiger partial charge in [0.2, 0.25) is 0 Å². The molecule has 0 aromatic carbocycles. The molecule has 0 heterocycles. The number of hydrogen-bond acceptors (Lipinski definition) is 0. The van der Waals surface area contributed by atoms with Crippen LogP contribution in [0.1, 0.15) is 19.8 Å². The third-order valence-electron chi connectivity index (χ3n) is 0.866. The topological polar surface area (TPSA) is 0 Å². The Bertz CT molecular complexity index is 22.8. The van der Waals surface area contributed by atoms with E-state index in [4.69, 9.17) is 0 Å². The van der Waals surface area contributed by atoms with E-state index >= 15 is 0 Å². The van der Waals surface area contributed by atoms with Crippen LogP contribution in [0.5, 0.6) is 0 Å². The van der Waals surface area contributed by atoms with Gasteiger partial charge in [0, 0.05) is 0 Å². The van der Waals surface area contributed by atoms with Gasteiger partial charge in [0.15, 0.2) is 0 Å². The largest absolute Gasteiger partial charge is 0.153 e. The Balaban J connectivity index is 0.000000160. The summed E-state index contributed by atoms with van der Waals surface area (Å²) in [6, 6.07) is 0. The van der Waals surface area contributed by atoms with Crippen LogP contribution in [0, 0.1) is 5.92 Å². The van der Waals surface area contributed by atoms with Crippen LogP contribution in [0.2, 0.25) is 0 Å². The Morgan fingerprint density at radius 3 is 1.60 bits per heavy atom. The minimum atomic E-state index is 0. The van der Waals surface area contributed by atoms with Crippen molar-refractivity contribution in [3.63, 3.8) is 0 Å². The zero-order valence-electron chi connectivity index (χ0n) is 3.70. The maximum atomic E-state index is 2.28. The maximum absolute atomic E-state index is 2.28. The summed E-state index contributed by atoms with van der Waals surface area (Å²) in [6.07, 6.45) is 2.97. The molecule has 0 aromatic rings. The Morgan fingerprint density at radius 2 is 1.60 bits per heavy atom. The van der Waals surface area contributed by atoms with Crippen LogP contribution >= 0.6 is 9.90 Å². The van der Waals surface area contributed by atoms with Crippen molar-refractivity contribution in [1.29, 1.82) is 0 Å². The summed E-state index contributed by atoms with van der Waals surface area (Å²) in [5.41, 5.74) is 0. The van der Waals surface area contributed by atoms with Crippen molar-refractivity contribution in [3.05, 3.63) is 0 Å². The lowest BCUT2D eigenvalue weighted by molar-refractivity contribution is 0.983. The molecule has 1 heteroatoms. The minimum absolute atomic E-state index is 0. The highest BCUT2D eigenvalue weighted by molar-refractivity contribution is 6.92. The van der Waals surface area contributed by atoms with E-state index in [-0.39, 0.29) is 9.90 Å². The highest BCUT2D eigenvalue weighted by Crippen LogP contribution is 2.26. The first kappa shape index (κ1) is 5.43. The van der Waals surface area contributed by atoms with Gasteiger partial charge >= 0.3 is 0 Å². The molecule has 0 amide bonds. The summed E-state index contributed by atoms with van der Waals surface area (Å²) >= 11 is 0. The van der Waals surface area contributed by atoms with Crippen LogP contribution in [0.25, 0.3) is 0 Å². The minimum Gasteiger partial charge on any atom is -0.153 e. The second kappa shape index (κ2) is 1.77. The summed E-state index contributed by atoms with van der Waals surface area (Å²) in [4.78, 5) is 0. The molecule has 0 spiro atoms. The zero-order valence-corrected chi connectivity index (χ0v) is 5.11. The maximum Gasteiger partial charge on any atom is -0.0443 e. The second-order valence-corrected chi connectivity index (χ2v) is 1.68. The molecule has 1 aliphatic rings. The molecule has 1 unspecified atom stereocenters. The van der Waals surface area contributed by atoms with E-state index in [9.17, 15) is 0 Å². The summed E-state index contributed by atoms with van der Waals surface area (Å²) in [6.45, 7) is 2.28. The molecule has 1 rings (SSSR count). The number of hydrogen-bond donors (Lipinski definition) is 0. The van der Waals surface area contributed by atoms with Gasteiger partial charge in [-0.25, -0.2) is 0 Å². The van der Waals surface area contributed by atoms with Gasteiger partial charge in [-0.1, -0.05) is 19.8 Å². The smallest absolute Gasteiger partial charge is 0.0443 e. The van der Waals surface area contributed by atoms with Crippen LogP contribution in [0.15, 0.2) is 0 Å². The summed E-state index contributed by atoms with van der Waals surface area (Å²) < 4.78 is 0. The van der Waals surface area contributed by atoms with Gasteiger partial charge < -0.3 is 0 Å². The molecule has 0 radical (unpaired) electrons. The highest BCUT2D eigenvalue weighted by Gasteiger charge is 2.12. The monoisotopic (exact) mass is 90.1 g/mol. The first-order chi connectivity index (χ1) is 1.89. The lowest BCUT2D eigenvalue weighted by atomic mass is 10.5. The molecule has 5 heavy (non-hydrogen) atoms. The van der Waals surface area contributed by atoms with Crippen LogP contribution in [0.3, 0.4) is 0 Å². The van der Waals surface area contributed by atoms with Gasteiger partial charge in [0.05, 0.1) is 0 Å². The SMILES string of the molecule is CC1CC1.P. The van der Waals surface area contributed by atoms with Crippen molar-refractivity contribution in [2.75, 3.05) is 0 Å². The first-order valence-corrected chi connectivity index (χ1v) is 1.89. The molecule has 0 saturated heterocycles. The lowest BCUT2D eigenvalue weighted by Gasteiger charge is -1.53. The van der Waals surface area contributed by atoms with E-state index in [0.29, 0.717) is 0 Å². The molecular formula is C4H11P. The second-order valence-electron chi connectivity index (χ2n) is 1.68. The van der Waals surface area contributed by atoms with Gasteiger partial charge in [-0.2, -0.15) is 9.90 Å². The summed E-state index contributed by atoms with van der Waals surface area (Å²) in [5, 5.41) is 0. The molecular weight excluding hydrogens is 79.0 g/mol. The molecule has 32 valence electrons. The van der Waals surface area contributed by atoms with Crippen molar-refractivity contribution in [2.24, 2.45) is 5.92 Å². The fourth-order valence-electron chi connectivity index (χ4n) is 0.167. The fourth-order valence-corrected chi connectivity index (χ4v) is 0.167. The molecule has 0 N–H and O–H groups in total. The molecule has 1 atom stereocenters. The van der Waals surface area contributed by atoms with Crippen LogP contribution < -0.4 is 0 Å². The number of rotatable bonds is 0. The van der Waals surface area contributed by atoms with Crippen molar-refractivity contribution < 1.29 is 0 Å². The fraction of sp³-hybridized carbons (Fsp3) is 1.00. The third-order valence-corrected chi connectivity index (χ3v) is 0.866. The molecule has 0 aliphatic heterocycles. The lowest BCUT2D eigenvalue weighted by Crippen LogP contribution is -1.42. The van der Waals surface area contributed by atoms with Gasteiger partial charge in [-0.15, -0.1) is 0 Å². The van der Waals surface area contributed by atoms with Crippen LogP contribution in [-0.4, -0.2) is 0 Å². The van der Waals surface area contributed by atoms with E-state index in [1.54, 1.807) is 0 Å². The Labute approximate surface area is 36.6 Å². The van der Waals surface area contributed by atoms with E-state index in [1.807, 2.05) is 0 Å². The van der Waals surface area contributed by atoms with E-state index in [0.717, 1.165) is 5.92 Å². The van der Waals surface area contributed by atoms with Crippen LogP contribution in [-0.2, 0) is 0 Å². The predicted octanol–water partition coefficient (Wildman–Crippen LogP) is 1.47. The molecule has 1 fully saturated rings. The first-order valence-electron chi connectivity index (χ1n) is 1.89. The normalized spacial score (nSPS) is 21.0. The van der Waals surface area contributed by atoms with Crippen molar-refractivity contribution >= 4 is 9.90 Å². The van der Waals surface area contributed by atoms with Gasteiger partial charge in [0.1, 0.15) is 0 Å². The standard InChI is InChI=1S/C4H8.H3P/c1-4-2-3-4;/h4H,2-3H2,1H3;1H3. The van der Waals surface area contributed by atoms with E-state index < -0.39 is 0 Å². The molecule has 0 aromatic heterocycles. The zero-order chi connectivity index (χ0) is 2.99. The Hall–Kier alpha value is 0.430. The van der Waals surface area contributed by atoms with Gasteiger partial charge in [-0.05, 0) is 5.92 Å². The Kier molecular flexibility index (Phi) is 1.92. The van der Waals surface area contributed by atoms with Crippen molar-refractivity contribution in [1.82, 2.24) is 0 Å². The van der Waals surface area contributed by atoms with Crippen molar-refractivity contribution in [3.8, 4) is 0 Å². The molecule has 1 saturated carbocycles. The molecule has 1 aliphatic carbocycles. The van der Waals surface area contributed by atoms with E-state index in [1.165, 1.54) is 12.8 Å². The molecule has 0 bridgehead atoms. The van der Waals surface area contributed by atoms with Gasteiger partial charge in [0.25, 0.3) is 0 Å². The summed E-state index contributed by atoms with van der Waals surface area (Å²) in [5.74, 6) is 1.08. The van der Waals surface area contributed by atoms with Crippen molar-refractivity contribution in [2.45, 2.75) is 19.8 Å². The third kappa shape index (κ3) is 2.22. The van der Waals surface area contributed by atoms with Gasteiger partial charge in [-0.3, -0.25) is 0 Å². The highest BCUT2D eigenvalue weighted by atomic mass is 31.0. The Morgan fingerprint density at radius 1 is 1.40 bits per heavy atom. The van der Waals surface area contributed by atoms with E-state index in [2.05, 4.69) is 6.92 Å². The molecule has 0 nitrogen and oxygen atoms in total. The quantitative estimate of drug-likeness (QED) is 0.395. The average molecular weight is 90.1 g/mol. The average Bonchev–Trinajstić information content (AvgIpc) is 1.75. The summed E-state index contributed by atoms with van der Waals surface area (Å²) in [7, 11) is 0. The predicted molar refractivity (Wildman–Crippen MR) is 29.5 cm³/mol.